The largest absolute Gasteiger partial charge is 0.468 e. The predicted molar refractivity (Wildman–Crippen MR) is 75.1 cm³/mol. The molecule has 0 spiro atoms. The monoisotopic (exact) mass is 361 g/mol. The molecule has 0 saturated carbocycles. The highest BCUT2D eigenvalue weighted by molar-refractivity contribution is 9.10. The van der Waals surface area contributed by atoms with E-state index < -0.39 is 12.8 Å². The molecule has 0 aliphatic heterocycles. The van der Waals surface area contributed by atoms with Gasteiger partial charge in [-0.2, -0.15) is 13.2 Å². The topological polar surface area (TPSA) is 47.0 Å². The van der Waals surface area contributed by atoms with Gasteiger partial charge in [0.25, 0.3) is 0 Å². The van der Waals surface area contributed by atoms with E-state index in [4.69, 9.17) is 0 Å². The molecule has 0 aliphatic rings. The van der Waals surface area contributed by atoms with E-state index in [1.54, 1.807) is 12.3 Å². The quantitative estimate of drug-likeness (QED) is 0.879. The van der Waals surface area contributed by atoms with Crippen molar-refractivity contribution in [3.63, 3.8) is 0 Å². The zero-order valence-electron chi connectivity index (χ0n) is 10.7. The third-order valence-electron chi connectivity index (χ3n) is 2.38. The molecule has 21 heavy (non-hydrogen) atoms. The number of rotatable bonds is 5. The Morgan fingerprint density at radius 3 is 2.48 bits per heavy atom. The standard InChI is InChI=1S/C13H11BrF3N3O/c14-9-1-2-10(18-5-9)6-19-11-3-4-12(20-7-11)21-8-13(15,16)17/h1-5,7,19H,6,8H2. The number of hydrogen-bond donors (Lipinski definition) is 1. The van der Waals surface area contributed by atoms with E-state index in [0.29, 0.717) is 12.2 Å². The van der Waals surface area contributed by atoms with E-state index in [-0.39, 0.29) is 5.88 Å². The molecule has 2 rings (SSSR count). The second-order valence-electron chi connectivity index (χ2n) is 4.11. The van der Waals surface area contributed by atoms with Gasteiger partial charge in [-0.15, -0.1) is 0 Å². The van der Waals surface area contributed by atoms with Gasteiger partial charge in [0.1, 0.15) is 0 Å². The fraction of sp³-hybridized carbons (Fsp3) is 0.231. The second-order valence-corrected chi connectivity index (χ2v) is 5.03. The van der Waals surface area contributed by atoms with Crippen molar-refractivity contribution in [1.82, 2.24) is 9.97 Å². The maximum absolute atomic E-state index is 12.0. The van der Waals surface area contributed by atoms with Crippen molar-refractivity contribution in [2.24, 2.45) is 0 Å². The van der Waals surface area contributed by atoms with E-state index in [1.165, 1.54) is 12.3 Å². The molecule has 0 saturated heterocycles. The van der Waals surface area contributed by atoms with Crippen LogP contribution in [0.25, 0.3) is 0 Å². The number of halogens is 4. The number of nitrogens with zero attached hydrogens (tertiary/aromatic N) is 2. The van der Waals surface area contributed by atoms with Crippen molar-refractivity contribution in [3.05, 3.63) is 46.8 Å². The average Bonchev–Trinajstić information content (AvgIpc) is 2.45. The lowest BCUT2D eigenvalue weighted by atomic mass is 10.3. The fourth-order valence-electron chi connectivity index (χ4n) is 1.43. The van der Waals surface area contributed by atoms with Crippen LogP contribution < -0.4 is 10.1 Å². The zero-order valence-corrected chi connectivity index (χ0v) is 12.3. The summed E-state index contributed by atoms with van der Waals surface area (Å²) in [6.07, 6.45) is -1.28. The van der Waals surface area contributed by atoms with Crippen LogP contribution in [0.5, 0.6) is 5.88 Å². The van der Waals surface area contributed by atoms with Crippen LogP contribution in [0.15, 0.2) is 41.1 Å². The molecule has 0 aromatic carbocycles. The van der Waals surface area contributed by atoms with Gasteiger partial charge >= 0.3 is 6.18 Å². The van der Waals surface area contributed by atoms with Crippen LogP contribution in [0.1, 0.15) is 5.69 Å². The molecule has 2 aromatic rings. The summed E-state index contributed by atoms with van der Waals surface area (Å²) in [5.41, 5.74) is 1.50. The lowest BCUT2D eigenvalue weighted by molar-refractivity contribution is -0.154. The van der Waals surface area contributed by atoms with Crippen molar-refractivity contribution in [2.75, 3.05) is 11.9 Å². The molecule has 0 amide bonds. The highest BCUT2D eigenvalue weighted by Gasteiger charge is 2.28. The van der Waals surface area contributed by atoms with Gasteiger partial charge in [-0.05, 0) is 34.1 Å². The van der Waals surface area contributed by atoms with Crippen molar-refractivity contribution < 1.29 is 17.9 Å². The van der Waals surface area contributed by atoms with E-state index in [1.807, 2.05) is 12.1 Å². The molecular weight excluding hydrogens is 351 g/mol. The molecule has 0 unspecified atom stereocenters. The molecule has 0 aliphatic carbocycles. The van der Waals surface area contributed by atoms with Crippen molar-refractivity contribution in [1.29, 1.82) is 0 Å². The van der Waals surface area contributed by atoms with Crippen molar-refractivity contribution in [2.45, 2.75) is 12.7 Å². The first-order chi connectivity index (χ1) is 9.92. The zero-order chi connectivity index (χ0) is 15.3. The third kappa shape index (κ3) is 5.58. The van der Waals surface area contributed by atoms with Gasteiger partial charge in [-0.25, -0.2) is 4.98 Å². The smallest absolute Gasteiger partial charge is 0.422 e. The molecule has 0 fully saturated rings. The SMILES string of the molecule is FC(F)(F)COc1ccc(NCc2ccc(Br)cn2)cn1. The number of anilines is 1. The lowest BCUT2D eigenvalue weighted by Crippen LogP contribution is -2.19. The Labute approximate surface area is 127 Å². The van der Waals surface area contributed by atoms with E-state index in [2.05, 4.69) is 36.0 Å². The number of alkyl halides is 3. The fourth-order valence-corrected chi connectivity index (χ4v) is 1.66. The van der Waals surface area contributed by atoms with Crippen LogP contribution in [-0.4, -0.2) is 22.8 Å². The Bertz CT molecular complexity index is 573. The van der Waals surface area contributed by atoms with Crippen LogP contribution in [-0.2, 0) is 6.54 Å². The first-order valence-corrected chi connectivity index (χ1v) is 6.71. The van der Waals surface area contributed by atoms with Crippen molar-refractivity contribution in [3.8, 4) is 5.88 Å². The summed E-state index contributed by atoms with van der Waals surface area (Å²) in [6, 6.07) is 6.70. The summed E-state index contributed by atoms with van der Waals surface area (Å²) in [5, 5.41) is 3.06. The normalized spacial score (nSPS) is 11.2. The Hall–Kier alpha value is -1.83. The van der Waals surface area contributed by atoms with Crippen LogP contribution in [0.2, 0.25) is 0 Å². The molecule has 1 N–H and O–H groups in total. The number of nitrogens with one attached hydrogen (secondary N) is 1. The van der Waals surface area contributed by atoms with Gasteiger partial charge in [0, 0.05) is 16.7 Å². The first-order valence-electron chi connectivity index (χ1n) is 5.92. The highest BCUT2D eigenvalue weighted by atomic mass is 79.9. The average molecular weight is 362 g/mol. The molecular formula is C13H11BrF3N3O. The molecule has 2 heterocycles. The van der Waals surface area contributed by atoms with E-state index >= 15 is 0 Å². The van der Waals surface area contributed by atoms with Crippen molar-refractivity contribution >= 4 is 21.6 Å². The Kier molecular flexibility index (Phi) is 5.00. The van der Waals surface area contributed by atoms with Gasteiger partial charge in [-0.3, -0.25) is 4.98 Å². The number of aromatic nitrogens is 2. The van der Waals surface area contributed by atoms with E-state index in [0.717, 1.165) is 10.2 Å². The lowest BCUT2D eigenvalue weighted by Gasteiger charge is -2.09. The molecule has 0 radical (unpaired) electrons. The van der Waals surface area contributed by atoms with E-state index in [9.17, 15) is 13.2 Å². The Balaban J connectivity index is 1.86. The van der Waals surface area contributed by atoms with Gasteiger partial charge in [0.05, 0.1) is 24.1 Å². The molecule has 4 nitrogen and oxygen atoms in total. The third-order valence-corrected chi connectivity index (χ3v) is 2.85. The minimum Gasteiger partial charge on any atom is -0.468 e. The maximum atomic E-state index is 12.0. The summed E-state index contributed by atoms with van der Waals surface area (Å²) in [7, 11) is 0. The molecule has 0 atom stereocenters. The second kappa shape index (κ2) is 6.75. The van der Waals surface area contributed by atoms with Crippen LogP contribution >= 0.6 is 15.9 Å². The Morgan fingerprint density at radius 1 is 1.10 bits per heavy atom. The summed E-state index contributed by atoms with van der Waals surface area (Å²) >= 11 is 3.29. The molecule has 2 aromatic heterocycles. The number of hydrogen-bond acceptors (Lipinski definition) is 4. The molecule has 0 bridgehead atoms. The minimum atomic E-state index is -4.37. The molecule has 8 heteroatoms. The maximum Gasteiger partial charge on any atom is 0.422 e. The Morgan fingerprint density at radius 2 is 1.90 bits per heavy atom. The predicted octanol–water partition coefficient (Wildman–Crippen LogP) is 3.79. The van der Waals surface area contributed by atoms with Crippen LogP contribution in [0, 0.1) is 0 Å². The van der Waals surface area contributed by atoms with Gasteiger partial charge in [-0.1, -0.05) is 0 Å². The van der Waals surface area contributed by atoms with Crippen LogP contribution in [0.4, 0.5) is 18.9 Å². The molecule has 112 valence electrons. The minimum absolute atomic E-state index is 0.0698. The summed E-state index contributed by atoms with van der Waals surface area (Å²) in [4.78, 5) is 7.98. The van der Waals surface area contributed by atoms with Gasteiger partial charge < -0.3 is 10.1 Å². The van der Waals surface area contributed by atoms with Gasteiger partial charge in [0.2, 0.25) is 5.88 Å². The summed E-state index contributed by atoms with van der Waals surface area (Å²) in [6.45, 7) is -0.868. The summed E-state index contributed by atoms with van der Waals surface area (Å²) in [5.74, 6) is -0.0698. The van der Waals surface area contributed by atoms with Gasteiger partial charge in [0.15, 0.2) is 6.61 Å². The summed E-state index contributed by atoms with van der Waals surface area (Å²) < 4.78 is 41.4. The highest BCUT2D eigenvalue weighted by Crippen LogP contribution is 2.18. The number of ether oxygens (including phenoxy) is 1. The van der Waals surface area contributed by atoms with Crippen LogP contribution in [0.3, 0.4) is 0 Å². The first kappa shape index (κ1) is 15.6. The number of pyridine rings is 2.